The zero-order valence-electron chi connectivity index (χ0n) is 16.9. The predicted octanol–water partition coefficient (Wildman–Crippen LogP) is 3.74. The Kier molecular flexibility index (Phi) is 5.56. The van der Waals surface area contributed by atoms with Crippen LogP contribution in [0.2, 0.25) is 0 Å². The second-order valence-electron chi connectivity index (χ2n) is 7.05. The van der Waals surface area contributed by atoms with Gasteiger partial charge in [0.15, 0.2) is 11.6 Å². The lowest BCUT2D eigenvalue weighted by atomic mass is 10.1. The number of carbonyl (C=O) groups excluding carboxylic acids is 1. The number of carbonyl (C=O) groups is 1. The summed E-state index contributed by atoms with van der Waals surface area (Å²) in [6.07, 6.45) is 0.689. The van der Waals surface area contributed by atoms with Gasteiger partial charge in [0.2, 0.25) is 0 Å². The molecule has 1 aromatic heterocycles. The predicted molar refractivity (Wildman–Crippen MR) is 110 cm³/mol. The highest BCUT2D eigenvalue weighted by Gasteiger charge is 2.27. The van der Waals surface area contributed by atoms with Gasteiger partial charge in [-0.2, -0.15) is 5.10 Å². The maximum absolute atomic E-state index is 13.9. The van der Waals surface area contributed by atoms with E-state index in [1.165, 1.54) is 19.2 Å². The largest absolute Gasteiger partial charge is 0.494 e. The molecule has 0 aliphatic carbocycles. The molecule has 2 heterocycles. The van der Waals surface area contributed by atoms with Crippen LogP contribution in [0, 0.1) is 5.82 Å². The van der Waals surface area contributed by atoms with E-state index in [4.69, 9.17) is 9.47 Å². The Morgan fingerprint density at radius 1 is 1.23 bits per heavy atom. The van der Waals surface area contributed by atoms with Crippen molar-refractivity contribution in [2.45, 2.75) is 19.6 Å². The maximum atomic E-state index is 13.9. The minimum Gasteiger partial charge on any atom is -0.494 e. The first-order valence-electron chi connectivity index (χ1n) is 9.66. The SMILES string of the molecule is COc1ccc(NC(=O)N2CCc3c(c(COc4ccccc4)nn3C)C2)cc1F. The summed E-state index contributed by atoms with van der Waals surface area (Å²) in [5.74, 6) is 0.377. The zero-order valence-corrected chi connectivity index (χ0v) is 16.9. The Bertz CT molecular complexity index is 1050. The molecule has 1 aliphatic heterocycles. The lowest BCUT2D eigenvalue weighted by Crippen LogP contribution is -2.39. The van der Waals surface area contributed by atoms with Crippen molar-refractivity contribution in [2.24, 2.45) is 7.05 Å². The number of hydrogen-bond donors (Lipinski definition) is 1. The van der Waals surface area contributed by atoms with E-state index in [0.717, 1.165) is 22.7 Å². The molecule has 8 heteroatoms. The standard InChI is InChI=1S/C22H23FN4O3/c1-26-20-10-11-27(22(28)24-15-8-9-21(29-2)18(23)12-15)13-17(20)19(25-26)14-30-16-6-4-3-5-7-16/h3-9,12H,10-11,13-14H2,1-2H3,(H,24,28). The minimum atomic E-state index is -0.524. The number of ether oxygens (including phenoxy) is 2. The first kappa shape index (κ1) is 19.8. The van der Waals surface area contributed by atoms with E-state index < -0.39 is 5.82 Å². The number of amides is 2. The van der Waals surface area contributed by atoms with Gasteiger partial charge in [-0.3, -0.25) is 4.68 Å². The van der Waals surface area contributed by atoms with Crippen LogP contribution in [0.4, 0.5) is 14.9 Å². The van der Waals surface area contributed by atoms with Crippen molar-refractivity contribution >= 4 is 11.7 Å². The molecule has 1 aliphatic rings. The molecule has 0 saturated heterocycles. The maximum Gasteiger partial charge on any atom is 0.322 e. The number of fused-ring (bicyclic) bond motifs is 1. The monoisotopic (exact) mass is 410 g/mol. The number of rotatable bonds is 5. The molecular formula is C22H23FN4O3. The first-order chi connectivity index (χ1) is 14.5. The molecule has 0 radical (unpaired) electrons. The van der Waals surface area contributed by atoms with Crippen molar-refractivity contribution in [1.29, 1.82) is 0 Å². The van der Waals surface area contributed by atoms with E-state index in [0.29, 0.717) is 31.8 Å². The van der Waals surface area contributed by atoms with Crippen molar-refractivity contribution < 1.29 is 18.7 Å². The van der Waals surface area contributed by atoms with Crippen LogP contribution in [0.3, 0.4) is 0 Å². The van der Waals surface area contributed by atoms with Gasteiger partial charge in [-0.15, -0.1) is 0 Å². The Morgan fingerprint density at radius 2 is 2.03 bits per heavy atom. The number of nitrogens with zero attached hydrogens (tertiary/aromatic N) is 3. The lowest BCUT2D eigenvalue weighted by molar-refractivity contribution is 0.205. The normalized spacial score (nSPS) is 13.0. The second kappa shape index (κ2) is 8.44. The van der Waals surface area contributed by atoms with Crippen LogP contribution in [0.25, 0.3) is 0 Å². The number of benzene rings is 2. The molecule has 30 heavy (non-hydrogen) atoms. The van der Waals surface area contributed by atoms with E-state index >= 15 is 0 Å². The van der Waals surface area contributed by atoms with E-state index in [2.05, 4.69) is 10.4 Å². The van der Waals surface area contributed by atoms with E-state index in [1.54, 1.807) is 11.0 Å². The lowest BCUT2D eigenvalue weighted by Gasteiger charge is -2.28. The molecule has 0 unspecified atom stereocenters. The highest BCUT2D eigenvalue weighted by atomic mass is 19.1. The van der Waals surface area contributed by atoms with Crippen molar-refractivity contribution in [1.82, 2.24) is 14.7 Å². The molecular weight excluding hydrogens is 387 g/mol. The average Bonchev–Trinajstić information content (AvgIpc) is 3.08. The van der Waals surface area contributed by atoms with Crippen LogP contribution in [0.1, 0.15) is 17.0 Å². The molecule has 2 amide bonds. The fourth-order valence-corrected chi connectivity index (χ4v) is 3.57. The fraction of sp³-hybridized carbons (Fsp3) is 0.273. The van der Waals surface area contributed by atoms with Crippen LogP contribution in [-0.4, -0.2) is 34.4 Å². The van der Waals surface area contributed by atoms with Crippen LogP contribution < -0.4 is 14.8 Å². The van der Waals surface area contributed by atoms with E-state index in [9.17, 15) is 9.18 Å². The molecule has 2 aromatic carbocycles. The minimum absolute atomic E-state index is 0.133. The van der Waals surface area contributed by atoms with Crippen molar-refractivity contribution in [2.75, 3.05) is 19.0 Å². The molecule has 4 rings (SSSR count). The van der Waals surface area contributed by atoms with Gasteiger partial charge in [-0.05, 0) is 24.3 Å². The number of urea groups is 1. The number of aromatic nitrogens is 2. The summed E-state index contributed by atoms with van der Waals surface area (Å²) in [4.78, 5) is 14.4. The smallest absolute Gasteiger partial charge is 0.322 e. The molecule has 7 nitrogen and oxygen atoms in total. The number of aryl methyl sites for hydroxylation is 1. The van der Waals surface area contributed by atoms with Crippen LogP contribution in [0.15, 0.2) is 48.5 Å². The number of nitrogens with one attached hydrogen (secondary N) is 1. The summed E-state index contributed by atoms with van der Waals surface area (Å²) >= 11 is 0. The Balaban J connectivity index is 1.45. The number of hydrogen-bond acceptors (Lipinski definition) is 4. The summed E-state index contributed by atoms with van der Waals surface area (Å²) < 4.78 is 26.5. The Hall–Kier alpha value is -3.55. The molecule has 0 spiro atoms. The van der Waals surface area contributed by atoms with Gasteiger partial charge in [-0.1, -0.05) is 18.2 Å². The number of para-hydroxylation sites is 1. The quantitative estimate of drug-likeness (QED) is 0.696. The number of anilines is 1. The van der Waals surface area contributed by atoms with Gasteiger partial charge in [0.05, 0.1) is 13.7 Å². The van der Waals surface area contributed by atoms with Crippen LogP contribution in [0.5, 0.6) is 11.5 Å². The second-order valence-corrected chi connectivity index (χ2v) is 7.05. The highest BCUT2D eigenvalue weighted by Crippen LogP contribution is 2.25. The van der Waals surface area contributed by atoms with Crippen LogP contribution in [-0.2, 0) is 26.6 Å². The van der Waals surface area contributed by atoms with Gasteiger partial charge in [0.1, 0.15) is 18.1 Å². The summed E-state index contributed by atoms with van der Waals surface area (Å²) in [6, 6.07) is 13.6. The van der Waals surface area contributed by atoms with Gasteiger partial charge in [-0.25, -0.2) is 9.18 Å². The zero-order chi connectivity index (χ0) is 21.1. The van der Waals surface area contributed by atoms with E-state index in [-0.39, 0.29) is 11.8 Å². The van der Waals surface area contributed by atoms with Gasteiger partial charge in [0.25, 0.3) is 0 Å². The summed E-state index contributed by atoms with van der Waals surface area (Å²) in [7, 11) is 3.30. The number of halogens is 1. The molecule has 0 saturated carbocycles. The fourth-order valence-electron chi connectivity index (χ4n) is 3.57. The summed E-state index contributed by atoms with van der Waals surface area (Å²) in [5, 5.41) is 7.34. The molecule has 1 N–H and O–H groups in total. The average molecular weight is 410 g/mol. The first-order valence-corrected chi connectivity index (χ1v) is 9.66. The topological polar surface area (TPSA) is 68.6 Å². The van der Waals surface area contributed by atoms with Gasteiger partial charge < -0.3 is 19.7 Å². The third-order valence-electron chi connectivity index (χ3n) is 5.13. The van der Waals surface area contributed by atoms with E-state index in [1.807, 2.05) is 42.1 Å². The Labute approximate surface area is 174 Å². The van der Waals surface area contributed by atoms with Crippen LogP contribution >= 0.6 is 0 Å². The highest BCUT2D eigenvalue weighted by molar-refractivity contribution is 5.89. The van der Waals surface area contributed by atoms with Crippen molar-refractivity contribution in [3.05, 3.63) is 71.3 Å². The summed E-state index contributed by atoms with van der Waals surface area (Å²) in [5.41, 5.74) is 3.28. The molecule has 0 bridgehead atoms. The molecule has 3 aromatic rings. The van der Waals surface area contributed by atoms with Crippen molar-refractivity contribution in [3.8, 4) is 11.5 Å². The van der Waals surface area contributed by atoms with Gasteiger partial charge in [0, 0.05) is 43.0 Å². The summed E-state index contributed by atoms with van der Waals surface area (Å²) in [6.45, 7) is 1.30. The third kappa shape index (κ3) is 4.07. The molecule has 0 fully saturated rings. The third-order valence-corrected chi connectivity index (χ3v) is 5.13. The van der Waals surface area contributed by atoms with Crippen molar-refractivity contribution in [3.63, 3.8) is 0 Å². The Morgan fingerprint density at radius 3 is 2.77 bits per heavy atom. The molecule has 156 valence electrons. The molecule has 0 atom stereocenters. The number of methoxy groups -OCH3 is 1. The van der Waals surface area contributed by atoms with Gasteiger partial charge >= 0.3 is 6.03 Å².